The zero-order valence-electron chi connectivity index (χ0n) is 18.2. The third-order valence-electron chi connectivity index (χ3n) is 4.83. The Bertz CT molecular complexity index is 857. The minimum atomic E-state index is -1.71. The molecule has 0 spiro atoms. The third kappa shape index (κ3) is 7.72. The fourth-order valence-corrected chi connectivity index (χ4v) is 3.35. The summed E-state index contributed by atoms with van der Waals surface area (Å²) in [4.78, 5) is 10.7. The van der Waals surface area contributed by atoms with Crippen molar-refractivity contribution < 1.29 is 14.3 Å². The second-order valence-corrected chi connectivity index (χ2v) is 12.1. The Morgan fingerprint density at radius 2 is 1.79 bits per heavy atom. The number of carbonyl (C=O) groups is 1. The molecule has 0 atom stereocenters. The second kappa shape index (κ2) is 11.4. The molecular weight excluding hydrogens is 380 g/mol. The van der Waals surface area contributed by atoms with Crippen LogP contribution in [0.1, 0.15) is 44.4 Å². The first kappa shape index (κ1) is 24.4. The predicted molar refractivity (Wildman–Crippen MR) is 120 cm³/mol. The van der Waals surface area contributed by atoms with Crippen LogP contribution in [0.4, 0.5) is 4.79 Å². The van der Waals surface area contributed by atoms with Gasteiger partial charge in [0.2, 0.25) is 0 Å². The molecule has 156 valence electrons. The molecule has 0 aliphatic rings. The van der Waals surface area contributed by atoms with Gasteiger partial charge in [-0.15, -0.1) is 0 Å². The first-order chi connectivity index (χ1) is 13.7. The summed E-state index contributed by atoms with van der Waals surface area (Å²) in [6.07, 6.45) is -1.09. The summed E-state index contributed by atoms with van der Waals surface area (Å²) in [6.45, 7) is 13.6. The maximum Gasteiger partial charge on any atom is 0.404 e. The van der Waals surface area contributed by atoms with Crippen LogP contribution in [-0.4, -0.2) is 19.5 Å². The molecular formula is C23H32N2O3Si. The standard InChI is InChI=1S/C21H26N2O3Si.C2H6/c1-15(2)27(3,4)26-14-16-6-5-7-19(9-16)20-10-17(12-22)8-18(11-20)13-23-21(24)25;1-2/h5-11,15,23H,13-14H2,1-4H3,(H,24,25);1-2H3. The summed E-state index contributed by atoms with van der Waals surface area (Å²) in [5, 5.41) is 20.4. The third-order valence-corrected chi connectivity index (χ3v) is 8.50. The molecule has 0 saturated carbocycles. The number of rotatable bonds is 7. The van der Waals surface area contributed by atoms with E-state index in [1.165, 1.54) is 0 Å². The molecule has 0 aliphatic heterocycles. The summed E-state index contributed by atoms with van der Waals surface area (Å²) in [6, 6.07) is 15.6. The summed E-state index contributed by atoms with van der Waals surface area (Å²) in [5.74, 6) is 0. The van der Waals surface area contributed by atoms with Gasteiger partial charge in [-0.3, -0.25) is 0 Å². The highest BCUT2D eigenvalue weighted by Gasteiger charge is 2.26. The number of nitriles is 1. The minimum Gasteiger partial charge on any atom is -0.465 e. The average Bonchev–Trinajstić information content (AvgIpc) is 2.72. The molecule has 5 nitrogen and oxygen atoms in total. The monoisotopic (exact) mass is 412 g/mol. The van der Waals surface area contributed by atoms with Crippen LogP contribution in [0, 0.1) is 11.3 Å². The molecule has 2 aromatic rings. The fraction of sp³-hybridized carbons (Fsp3) is 0.391. The van der Waals surface area contributed by atoms with E-state index in [2.05, 4.69) is 44.4 Å². The first-order valence-electron chi connectivity index (χ1n) is 9.95. The molecule has 0 heterocycles. The van der Waals surface area contributed by atoms with Gasteiger partial charge in [0.05, 0.1) is 18.2 Å². The number of amides is 1. The van der Waals surface area contributed by atoms with E-state index in [-0.39, 0.29) is 6.54 Å². The molecule has 0 radical (unpaired) electrons. The van der Waals surface area contributed by atoms with Crippen LogP contribution in [0.3, 0.4) is 0 Å². The van der Waals surface area contributed by atoms with Gasteiger partial charge in [0.15, 0.2) is 8.32 Å². The van der Waals surface area contributed by atoms with E-state index < -0.39 is 14.4 Å². The summed E-state index contributed by atoms with van der Waals surface area (Å²) in [5.41, 5.74) is 4.75. The average molecular weight is 413 g/mol. The maximum absolute atomic E-state index is 10.7. The molecule has 0 fully saturated rings. The second-order valence-electron chi connectivity index (χ2n) is 7.44. The minimum absolute atomic E-state index is 0.162. The van der Waals surface area contributed by atoms with Crippen molar-refractivity contribution in [2.24, 2.45) is 0 Å². The van der Waals surface area contributed by atoms with Crippen LogP contribution in [0.5, 0.6) is 0 Å². The van der Waals surface area contributed by atoms with Gasteiger partial charge in [0.25, 0.3) is 0 Å². The Morgan fingerprint density at radius 1 is 1.14 bits per heavy atom. The van der Waals surface area contributed by atoms with E-state index in [1.54, 1.807) is 6.07 Å². The topological polar surface area (TPSA) is 82.3 Å². The number of carboxylic acid groups (broad SMARTS) is 1. The van der Waals surface area contributed by atoms with Gasteiger partial charge in [0.1, 0.15) is 0 Å². The van der Waals surface area contributed by atoms with Gasteiger partial charge < -0.3 is 14.8 Å². The highest BCUT2D eigenvalue weighted by atomic mass is 28.4. The van der Waals surface area contributed by atoms with Gasteiger partial charge in [-0.1, -0.05) is 45.9 Å². The number of hydrogen-bond acceptors (Lipinski definition) is 3. The maximum atomic E-state index is 10.7. The van der Waals surface area contributed by atoms with Crippen LogP contribution in [0.15, 0.2) is 42.5 Å². The van der Waals surface area contributed by atoms with Crippen LogP contribution >= 0.6 is 0 Å². The van der Waals surface area contributed by atoms with E-state index in [0.29, 0.717) is 17.7 Å². The van der Waals surface area contributed by atoms with Gasteiger partial charge in [-0.2, -0.15) is 5.26 Å². The lowest BCUT2D eigenvalue weighted by molar-refractivity contribution is 0.194. The Morgan fingerprint density at radius 3 is 2.38 bits per heavy atom. The van der Waals surface area contributed by atoms with Crippen LogP contribution in [0.2, 0.25) is 18.6 Å². The highest BCUT2D eigenvalue weighted by Crippen LogP contribution is 2.26. The Balaban J connectivity index is 0.00000204. The molecule has 1 amide bonds. The summed E-state index contributed by atoms with van der Waals surface area (Å²) >= 11 is 0. The van der Waals surface area contributed by atoms with E-state index in [9.17, 15) is 10.1 Å². The van der Waals surface area contributed by atoms with Crippen molar-refractivity contribution in [3.05, 3.63) is 59.2 Å². The van der Waals surface area contributed by atoms with Crippen molar-refractivity contribution in [1.29, 1.82) is 5.26 Å². The zero-order valence-corrected chi connectivity index (χ0v) is 19.2. The highest BCUT2D eigenvalue weighted by molar-refractivity contribution is 6.72. The lowest BCUT2D eigenvalue weighted by Gasteiger charge is -2.27. The van der Waals surface area contributed by atoms with Gasteiger partial charge >= 0.3 is 6.09 Å². The Hall–Kier alpha value is -2.62. The molecule has 29 heavy (non-hydrogen) atoms. The van der Waals surface area contributed by atoms with Crippen molar-refractivity contribution in [1.82, 2.24) is 5.32 Å². The van der Waals surface area contributed by atoms with Gasteiger partial charge in [0, 0.05) is 6.54 Å². The lowest BCUT2D eigenvalue weighted by atomic mass is 9.98. The number of nitrogens with zero attached hydrogens (tertiary/aromatic N) is 1. The normalized spacial score (nSPS) is 10.7. The fourth-order valence-electron chi connectivity index (χ4n) is 2.48. The summed E-state index contributed by atoms with van der Waals surface area (Å²) < 4.78 is 6.21. The van der Waals surface area contributed by atoms with Gasteiger partial charge in [-0.05, 0) is 65.2 Å². The van der Waals surface area contributed by atoms with Crippen molar-refractivity contribution >= 4 is 14.4 Å². The molecule has 2 N–H and O–H groups in total. The first-order valence-corrected chi connectivity index (χ1v) is 12.9. The number of nitrogens with one attached hydrogen (secondary N) is 1. The molecule has 2 aromatic carbocycles. The summed E-state index contributed by atoms with van der Waals surface area (Å²) in [7, 11) is -1.71. The molecule has 6 heteroatoms. The van der Waals surface area contributed by atoms with E-state index >= 15 is 0 Å². The molecule has 0 bridgehead atoms. The van der Waals surface area contributed by atoms with E-state index in [0.717, 1.165) is 22.3 Å². The van der Waals surface area contributed by atoms with E-state index in [1.807, 2.05) is 44.2 Å². The van der Waals surface area contributed by atoms with E-state index in [4.69, 9.17) is 9.53 Å². The molecule has 0 aliphatic carbocycles. The molecule has 2 rings (SSSR count). The predicted octanol–water partition coefficient (Wildman–Crippen LogP) is 6.15. The van der Waals surface area contributed by atoms with Crippen LogP contribution < -0.4 is 5.32 Å². The number of benzene rings is 2. The molecule has 0 unspecified atom stereocenters. The molecule has 0 saturated heterocycles. The Labute approximate surface area is 175 Å². The largest absolute Gasteiger partial charge is 0.465 e. The molecule has 0 aromatic heterocycles. The smallest absolute Gasteiger partial charge is 0.404 e. The van der Waals surface area contributed by atoms with Crippen molar-refractivity contribution in [2.45, 2.75) is 59.5 Å². The van der Waals surface area contributed by atoms with Crippen LogP contribution in [0.25, 0.3) is 11.1 Å². The van der Waals surface area contributed by atoms with Crippen molar-refractivity contribution in [3.63, 3.8) is 0 Å². The Kier molecular flexibility index (Phi) is 9.59. The van der Waals surface area contributed by atoms with Gasteiger partial charge in [-0.25, -0.2) is 4.79 Å². The van der Waals surface area contributed by atoms with Crippen molar-refractivity contribution in [3.8, 4) is 17.2 Å². The van der Waals surface area contributed by atoms with Crippen molar-refractivity contribution in [2.75, 3.05) is 0 Å². The quantitative estimate of drug-likeness (QED) is 0.534. The SMILES string of the molecule is CC.CC(C)[Si](C)(C)OCc1cccc(-c2cc(C#N)cc(CNC(=O)O)c2)c1. The van der Waals surface area contributed by atoms with Crippen LogP contribution in [-0.2, 0) is 17.6 Å². The zero-order chi connectivity index (χ0) is 22.0. The lowest BCUT2D eigenvalue weighted by Crippen LogP contribution is -2.33. The number of hydrogen-bond donors (Lipinski definition) is 2.